The highest BCUT2D eigenvalue weighted by molar-refractivity contribution is 6.00. The number of ketones is 2. The van der Waals surface area contributed by atoms with Gasteiger partial charge in [0.15, 0.2) is 11.6 Å². The van der Waals surface area contributed by atoms with E-state index in [2.05, 4.69) is 13.8 Å². The maximum Gasteiger partial charge on any atom is 0.178 e. The van der Waals surface area contributed by atoms with Crippen LogP contribution in [0.15, 0.2) is 23.8 Å². The Morgan fingerprint density at radius 1 is 1.35 bits per heavy atom. The molecule has 4 heteroatoms. The van der Waals surface area contributed by atoms with Crippen molar-refractivity contribution in [1.29, 1.82) is 0 Å². The third-order valence-corrected chi connectivity index (χ3v) is 8.81. The van der Waals surface area contributed by atoms with Crippen LogP contribution in [0.4, 0.5) is 0 Å². The zero-order chi connectivity index (χ0) is 18.9. The first-order chi connectivity index (χ1) is 12.2. The van der Waals surface area contributed by atoms with Gasteiger partial charge in [-0.25, -0.2) is 0 Å². The second-order valence-corrected chi connectivity index (χ2v) is 9.50. The van der Waals surface area contributed by atoms with Crippen molar-refractivity contribution in [2.24, 2.45) is 40.4 Å². The first-order valence-electron chi connectivity index (χ1n) is 9.99. The van der Waals surface area contributed by atoms with Gasteiger partial charge in [0.05, 0.1) is 6.10 Å². The monoisotopic (exact) mass is 358 g/mol. The van der Waals surface area contributed by atoms with Gasteiger partial charge in [-0.2, -0.15) is 0 Å². The minimum Gasteiger partial charge on any atom is -0.393 e. The quantitative estimate of drug-likeness (QED) is 0.796. The van der Waals surface area contributed by atoms with Gasteiger partial charge in [0, 0.05) is 11.3 Å². The van der Waals surface area contributed by atoms with Crippen LogP contribution in [-0.2, 0) is 9.59 Å². The van der Waals surface area contributed by atoms with E-state index in [0.29, 0.717) is 18.3 Å². The SMILES string of the molecule is C[C@@H]1CC2C3CCC4=CC(=O)C=CC4C3C(O)CC2(C)C1(C)C(=O)CO. The molecule has 0 amide bonds. The predicted molar refractivity (Wildman–Crippen MR) is 98.1 cm³/mol. The van der Waals surface area contributed by atoms with E-state index in [1.807, 2.05) is 13.0 Å². The summed E-state index contributed by atoms with van der Waals surface area (Å²) in [6, 6.07) is 0. The third kappa shape index (κ3) is 2.15. The first kappa shape index (κ1) is 18.1. The van der Waals surface area contributed by atoms with Gasteiger partial charge in [-0.1, -0.05) is 32.4 Å². The van der Waals surface area contributed by atoms with Gasteiger partial charge in [0.1, 0.15) is 6.61 Å². The van der Waals surface area contributed by atoms with Crippen molar-refractivity contribution >= 4 is 11.6 Å². The lowest BCUT2D eigenvalue weighted by molar-refractivity contribution is -0.154. The Labute approximate surface area is 155 Å². The molecule has 4 aliphatic rings. The Morgan fingerprint density at radius 2 is 2.08 bits per heavy atom. The van der Waals surface area contributed by atoms with E-state index in [4.69, 9.17) is 0 Å². The van der Waals surface area contributed by atoms with Crippen LogP contribution >= 0.6 is 0 Å². The lowest BCUT2D eigenvalue weighted by Crippen LogP contribution is -2.57. The molecule has 142 valence electrons. The number of Topliss-reactive ketones (excluding diaryl/α,β-unsaturated/α-hetero) is 1. The zero-order valence-corrected chi connectivity index (χ0v) is 15.9. The van der Waals surface area contributed by atoms with E-state index in [1.54, 1.807) is 12.2 Å². The third-order valence-electron chi connectivity index (χ3n) is 8.81. The van der Waals surface area contributed by atoms with E-state index in [0.717, 1.165) is 19.3 Å². The van der Waals surface area contributed by atoms with Crippen molar-refractivity contribution in [3.63, 3.8) is 0 Å². The molecule has 0 radical (unpaired) electrons. The Balaban J connectivity index is 1.73. The molecule has 0 bridgehead atoms. The van der Waals surface area contributed by atoms with Crippen LogP contribution in [0.1, 0.15) is 46.5 Å². The molecule has 7 unspecified atom stereocenters. The van der Waals surface area contributed by atoms with Gasteiger partial charge in [-0.05, 0) is 66.9 Å². The van der Waals surface area contributed by atoms with Gasteiger partial charge in [-0.15, -0.1) is 0 Å². The first-order valence-corrected chi connectivity index (χ1v) is 9.99. The minimum atomic E-state index is -0.590. The second-order valence-electron chi connectivity index (χ2n) is 9.50. The average molecular weight is 358 g/mol. The zero-order valence-electron chi connectivity index (χ0n) is 15.9. The fourth-order valence-electron chi connectivity index (χ4n) is 7.21. The highest BCUT2D eigenvalue weighted by Crippen LogP contribution is 2.69. The van der Waals surface area contributed by atoms with E-state index >= 15 is 0 Å². The predicted octanol–water partition coefficient (Wildman–Crippen LogP) is 2.69. The van der Waals surface area contributed by atoms with Crippen LogP contribution in [0.5, 0.6) is 0 Å². The summed E-state index contributed by atoms with van der Waals surface area (Å²) in [6.07, 6.45) is 8.37. The molecule has 26 heavy (non-hydrogen) atoms. The van der Waals surface area contributed by atoms with Crippen molar-refractivity contribution < 1.29 is 19.8 Å². The van der Waals surface area contributed by atoms with E-state index < -0.39 is 18.1 Å². The number of hydrogen-bond acceptors (Lipinski definition) is 4. The maximum absolute atomic E-state index is 12.7. The van der Waals surface area contributed by atoms with Crippen LogP contribution in [0.25, 0.3) is 0 Å². The molecule has 4 aliphatic carbocycles. The molecule has 2 N–H and O–H groups in total. The largest absolute Gasteiger partial charge is 0.393 e. The molecule has 0 spiro atoms. The standard InChI is InChI=1S/C22H30O4/c1-12-8-17-16-6-4-13-9-14(24)5-7-15(13)20(16)18(25)10-21(17,2)22(12,3)19(26)11-23/h5,7,9,12,15-18,20,23,25H,4,6,8,10-11H2,1-3H3/t12-,15?,16?,17?,18?,20?,21?,22?/m1/s1. The molecule has 0 aromatic heterocycles. The summed E-state index contributed by atoms with van der Waals surface area (Å²) in [4.78, 5) is 24.5. The molecular weight excluding hydrogens is 328 g/mol. The molecule has 0 heterocycles. The smallest absolute Gasteiger partial charge is 0.178 e. The summed E-state index contributed by atoms with van der Waals surface area (Å²) < 4.78 is 0. The lowest BCUT2D eigenvalue weighted by atomic mass is 9.47. The Hall–Kier alpha value is -1.26. The van der Waals surface area contributed by atoms with Gasteiger partial charge in [-0.3, -0.25) is 9.59 Å². The molecule has 3 saturated carbocycles. The molecule has 4 nitrogen and oxygen atoms in total. The van der Waals surface area contributed by atoms with Gasteiger partial charge in [0.2, 0.25) is 0 Å². The molecule has 0 aromatic rings. The number of rotatable bonds is 2. The van der Waals surface area contributed by atoms with Crippen molar-refractivity contribution in [2.75, 3.05) is 6.61 Å². The number of carbonyl (C=O) groups excluding carboxylic acids is 2. The molecule has 8 atom stereocenters. The summed E-state index contributed by atoms with van der Waals surface area (Å²) >= 11 is 0. The van der Waals surface area contributed by atoms with Crippen LogP contribution in [-0.4, -0.2) is 34.5 Å². The Morgan fingerprint density at radius 3 is 2.77 bits per heavy atom. The van der Waals surface area contributed by atoms with Gasteiger partial charge < -0.3 is 10.2 Å². The summed E-state index contributed by atoms with van der Waals surface area (Å²) in [6.45, 7) is 5.88. The van der Waals surface area contributed by atoms with E-state index in [-0.39, 0.29) is 34.7 Å². The number of aliphatic hydroxyl groups is 2. The maximum atomic E-state index is 12.7. The topological polar surface area (TPSA) is 74.6 Å². The van der Waals surface area contributed by atoms with Gasteiger partial charge in [0.25, 0.3) is 0 Å². The van der Waals surface area contributed by atoms with Crippen molar-refractivity contribution in [3.05, 3.63) is 23.8 Å². The highest BCUT2D eigenvalue weighted by Gasteiger charge is 2.67. The van der Waals surface area contributed by atoms with Crippen LogP contribution < -0.4 is 0 Å². The second kappa shape index (κ2) is 5.87. The summed E-state index contributed by atoms with van der Waals surface area (Å²) in [5.74, 6) is 1.19. The number of carbonyl (C=O) groups is 2. The molecule has 3 fully saturated rings. The minimum absolute atomic E-state index is 0.0560. The molecule has 0 saturated heterocycles. The Bertz CT molecular complexity index is 707. The summed E-state index contributed by atoms with van der Waals surface area (Å²) in [7, 11) is 0. The molecule has 0 aromatic carbocycles. The van der Waals surface area contributed by atoms with E-state index in [9.17, 15) is 19.8 Å². The Kier molecular flexibility index (Phi) is 4.09. The van der Waals surface area contributed by atoms with Crippen LogP contribution in [0.3, 0.4) is 0 Å². The van der Waals surface area contributed by atoms with Crippen molar-refractivity contribution in [3.8, 4) is 0 Å². The average Bonchev–Trinajstić information content (AvgIpc) is 2.81. The van der Waals surface area contributed by atoms with Crippen LogP contribution in [0, 0.1) is 40.4 Å². The highest BCUT2D eigenvalue weighted by atomic mass is 16.3. The summed E-state index contributed by atoms with van der Waals surface area (Å²) in [5.41, 5.74) is 0.288. The number of allylic oxidation sites excluding steroid dienone is 4. The van der Waals surface area contributed by atoms with Gasteiger partial charge >= 0.3 is 0 Å². The summed E-state index contributed by atoms with van der Waals surface area (Å²) in [5, 5.41) is 20.8. The number of hydrogen-bond donors (Lipinski definition) is 2. The fraction of sp³-hybridized carbons (Fsp3) is 0.727. The number of aliphatic hydroxyl groups excluding tert-OH is 2. The normalized spacial score (nSPS) is 49.9. The van der Waals surface area contributed by atoms with Crippen LogP contribution in [0.2, 0.25) is 0 Å². The fourth-order valence-corrected chi connectivity index (χ4v) is 7.21. The number of fused-ring (bicyclic) bond motifs is 5. The van der Waals surface area contributed by atoms with Crippen molar-refractivity contribution in [2.45, 2.75) is 52.6 Å². The van der Waals surface area contributed by atoms with Crippen molar-refractivity contribution in [1.82, 2.24) is 0 Å². The molecule has 0 aliphatic heterocycles. The lowest BCUT2D eigenvalue weighted by Gasteiger charge is -2.57. The van der Waals surface area contributed by atoms with E-state index in [1.165, 1.54) is 5.57 Å². The molecular formula is C22H30O4. The molecule has 4 rings (SSSR count).